The molecule has 2 aliphatic carbocycles. The Balaban J connectivity index is 0.916. The molecule has 0 spiro atoms. The number of hydrogen-bond acceptors (Lipinski definition) is 8. The van der Waals surface area contributed by atoms with E-state index in [9.17, 15) is 19.2 Å². The lowest BCUT2D eigenvalue weighted by Crippen LogP contribution is -2.50. The van der Waals surface area contributed by atoms with Crippen molar-refractivity contribution in [1.82, 2.24) is 40.4 Å². The van der Waals surface area contributed by atoms with Crippen LogP contribution < -0.4 is 10.6 Å². The summed E-state index contributed by atoms with van der Waals surface area (Å²) in [6, 6.07) is 18.3. The van der Waals surface area contributed by atoms with Crippen LogP contribution in [-0.4, -0.2) is 101 Å². The molecule has 2 aromatic heterocycles. The van der Waals surface area contributed by atoms with E-state index in [4.69, 9.17) is 19.4 Å². The molecule has 14 nitrogen and oxygen atoms in total. The molecule has 58 heavy (non-hydrogen) atoms. The number of rotatable bonds is 10. The maximum absolute atomic E-state index is 13.9. The quantitative estimate of drug-likeness (QED) is 0.111. The van der Waals surface area contributed by atoms with Crippen molar-refractivity contribution in [1.29, 1.82) is 0 Å². The average molecular weight is 803 g/mol. The van der Waals surface area contributed by atoms with Gasteiger partial charge in [-0.1, -0.05) is 55.6 Å². The van der Waals surface area contributed by atoms with E-state index >= 15 is 0 Å². The molecule has 3 aromatic carbocycles. The summed E-state index contributed by atoms with van der Waals surface area (Å²) >= 11 is 0. The van der Waals surface area contributed by atoms with Crippen molar-refractivity contribution in [2.24, 2.45) is 11.8 Å². The summed E-state index contributed by atoms with van der Waals surface area (Å²) in [4.78, 5) is 72.5. The van der Waals surface area contributed by atoms with Crippen LogP contribution in [0.3, 0.4) is 0 Å². The topological polar surface area (TPSA) is 175 Å². The van der Waals surface area contributed by atoms with Crippen LogP contribution in [0.2, 0.25) is 19.1 Å². The summed E-state index contributed by atoms with van der Waals surface area (Å²) in [6.07, 6.45) is 6.72. The number of imidazole rings is 2. The number of methoxy groups -OCH3 is 2. The van der Waals surface area contributed by atoms with E-state index in [2.05, 4.69) is 82.2 Å². The highest BCUT2D eigenvalue weighted by atomic mass is 28.3. The monoisotopic (exact) mass is 802 g/mol. The van der Waals surface area contributed by atoms with Gasteiger partial charge >= 0.3 is 12.2 Å². The lowest BCUT2D eigenvalue weighted by atomic mass is 9.99. The van der Waals surface area contributed by atoms with Crippen molar-refractivity contribution in [2.45, 2.75) is 81.8 Å². The largest absolute Gasteiger partial charge is 0.453 e. The number of ether oxygens (including phenoxy) is 2. The SMILES string of the molecule is COC(=O)N[C@H](C(=O)N1CCC[C@@H]1c1nc2c(ccc3cc(-c4ccc(-c5cnc([C@@H]6C[Si](C)(C)CN6C(=O)[C@H](NC(=O)OC)C6CC6)[nH]5)cc4)ccc32)[nH]1)C1CC1. The smallest absolute Gasteiger partial charge is 0.407 e. The number of carbonyl (C=O) groups is 4. The van der Waals surface area contributed by atoms with E-state index in [-0.39, 0.29) is 35.7 Å². The first kappa shape index (κ1) is 37.9. The Hall–Kier alpha value is -5.70. The molecule has 0 unspecified atom stereocenters. The number of nitrogens with zero attached hydrogens (tertiary/aromatic N) is 4. The number of nitrogens with one attached hydrogen (secondary N) is 4. The summed E-state index contributed by atoms with van der Waals surface area (Å²) < 4.78 is 9.65. The zero-order valence-corrected chi connectivity index (χ0v) is 34.3. The molecule has 15 heteroatoms. The highest BCUT2D eigenvalue weighted by Gasteiger charge is 2.48. The van der Waals surface area contributed by atoms with Gasteiger partial charge in [-0.15, -0.1) is 0 Å². The van der Waals surface area contributed by atoms with Crippen molar-refractivity contribution >= 4 is 53.9 Å². The summed E-state index contributed by atoms with van der Waals surface area (Å²) in [5.41, 5.74) is 5.81. The Labute approximate surface area is 337 Å². The number of likely N-dealkylation sites (tertiary alicyclic amines) is 1. The molecule has 2 saturated carbocycles. The van der Waals surface area contributed by atoms with E-state index in [1.807, 2.05) is 22.1 Å². The van der Waals surface area contributed by atoms with Crippen molar-refractivity contribution in [3.63, 3.8) is 0 Å². The Morgan fingerprint density at radius 1 is 0.759 bits per heavy atom. The lowest BCUT2D eigenvalue weighted by Gasteiger charge is -2.28. The highest BCUT2D eigenvalue weighted by molar-refractivity contribution is 6.78. The van der Waals surface area contributed by atoms with Gasteiger partial charge in [0, 0.05) is 18.1 Å². The fraction of sp³-hybridized carbons (Fsp3) is 0.442. The Kier molecular flexibility index (Phi) is 9.73. The molecule has 4 aliphatic rings. The van der Waals surface area contributed by atoms with E-state index in [1.165, 1.54) is 14.2 Å². The van der Waals surface area contributed by atoms with E-state index in [0.29, 0.717) is 12.7 Å². The summed E-state index contributed by atoms with van der Waals surface area (Å²) in [5, 5.41) is 7.67. The zero-order valence-electron chi connectivity index (χ0n) is 33.3. The normalized spacial score (nSPS) is 21.2. The van der Waals surface area contributed by atoms with Crippen LogP contribution in [0.4, 0.5) is 9.59 Å². The van der Waals surface area contributed by atoms with Gasteiger partial charge in [-0.2, -0.15) is 0 Å². The minimum Gasteiger partial charge on any atom is -0.453 e. The van der Waals surface area contributed by atoms with Gasteiger partial charge < -0.3 is 39.9 Å². The average Bonchev–Trinajstić information content (AvgIpc) is 4.04. The predicted octanol–water partition coefficient (Wildman–Crippen LogP) is 6.84. The Morgan fingerprint density at radius 3 is 2.05 bits per heavy atom. The lowest BCUT2D eigenvalue weighted by molar-refractivity contribution is -0.135. The Morgan fingerprint density at radius 2 is 1.40 bits per heavy atom. The Bertz CT molecular complexity index is 2400. The molecule has 0 bridgehead atoms. The van der Waals surface area contributed by atoms with Crippen LogP contribution in [0, 0.1) is 11.8 Å². The molecule has 9 rings (SSSR count). The maximum atomic E-state index is 13.9. The molecule has 302 valence electrons. The van der Waals surface area contributed by atoms with Crippen LogP contribution >= 0.6 is 0 Å². The van der Waals surface area contributed by atoms with Gasteiger partial charge in [-0.25, -0.2) is 19.6 Å². The van der Waals surface area contributed by atoms with Gasteiger partial charge in [0.25, 0.3) is 0 Å². The van der Waals surface area contributed by atoms with Gasteiger partial charge in [0.15, 0.2) is 0 Å². The third-order valence-electron chi connectivity index (χ3n) is 12.4. The number of alkyl carbamates (subject to hydrolysis) is 2. The molecular formula is C43H50N8O6Si. The minimum atomic E-state index is -1.73. The second-order valence-electron chi connectivity index (χ2n) is 17.2. The van der Waals surface area contributed by atoms with Gasteiger partial charge in [-0.3, -0.25) is 9.59 Å². The zero-order chi connectivity index (χ0) is 40.3. The fourth-order valence-electron chi connectivity index (χ4n) is 9.06. The molecule has 2 saturated heterocycles. The van der Waals surface area contributed by atoms with Crippen LogP contribution in [-0.2, 0) is 19.1 Å². The standard InChI is InChI=1S/C43H50N8O6Si/c1-56-42(54)48-35(26-11-12-26)40(52)50-19-5-6-33(50)39-45-31-18-16-29-20-28(15-17-30(29)37(31)47-39)24-7-9-25(10-8-24)32-21-44-38(46-32)34-22-58(3,4)23-51(34)41(53)36(27-13-14-27)49-43(55)57-2/h7-10,15-18,20-21,26-27,33-36H,5-6,11-14,19,22-23H2,1-4H3,(H,44,46)(H,45,47)(H,48,54)(H,49,55)/t33-,34+,35+,36-/m1/s1. The number of hydrogen-bond donors (Lipinski definition) is 4. The van der Waals surface area contributed by atoms with Crippen LogP contribution in [0.15, 0.2) is 60.8 Å². The number of carbonyl (C=O) groups excluding carboxylic acids is 4. The van der Waals surface area contributed by atoms with Gasteiger partial charge in [-0.05, 0) is 90.6 Å². The molecule has 2 aliphatic heterocycles. The molecule has 5 aromatic rings. The minimum absolute atomic E-state index is 0.0530. The first-order chi connectivity index (χ1) is 28.0. The molecule has 4 amide bonds. The second kappa shape index (κ2) is 14.9. The van der Waals surface area contributed by atoms with Crippen molar-refractivity contribution < 1.29 is 28.7 Å². The number of H-pyrrole nitrogens is 2. The van der Waals surface area contributed by atoms with Gasteiger partial charge in [0.1, 0.15) is 23.7 Å². The van der Waals surface area contributed by atoms with Crippen LogP contribution in [0.25, 0.3) is 44.2 Å². The molecule has 4 heterocycles. The fourth-order valence-corrected chi connectivity index (χ4v) is 12.0. The third-order valence-corrected chi connectivity index (χ3v) is 15.1. The van der Waals surface area contributed by atoms with Gasteiger partial charge in [0.2, 0.25) is 11.8 Å². The first-order valence-corrected chi connectivity index (χ1v) is 23.8. The number of amides is 4. The van der Waals surface area contributed by atoms with Crippen LogP contribution in [0.5, 0.6) is 0 Å². The summed E-state index contributed by atoms with van der Waals surface area (Å²) in [7, 11) is 0.910. The van der Waals surface area contributed by atoms with E-state index in [0.717, 1.165) is 100 Å². The third kappa shape index (κ3) is 7.31. The molecular weight excluding hydrogens is 753 g/mol. The predicted molar refractivity (Wildman–Crippen MR) is 221 cm³/mol. The number of aromatic nitrogens is 4. The van der Waals surface area contributed by atoms with Crippen molar-refractivity contribution in [3.05, 3.63) is 72.4 Å². The van der Waals surface area contributed by atoms with E-state index < -0.39 is 32.3 Å². The number of fused-ring (bicyclic) bond motifs is 3. The summed E-state index contributed by atoms with van der Waals surface area (Å²) in [6.45, 7) is 5.21. The number of aromatic amines is 2. The molecule has 4 N–H and O–H groups in total. The summed E-state index contributed by atoms with van der Waals surface area (Å²) in [5.74, 6) is 1.69. The van der Waals surface area contributed by atoms with Crippen LogP contribution in [0.1, 0.15) is 62.3 Å². The second-order valence-corrected chi connectivity index (χ2v) is 22.3. The molecule has 0 radical (unpaired) electrons. The molecule has 4 fully saturated rings. The van der Waals surface area contributed by atoms with Crippen molar-refractivity contribution in [3.8, 4) is 22.4 Å². The van der Waals surface area contributed by atoms with Crippen molar-refractivity contribution in [2.75, 3.05) is 26.9 Å². The first-order valence-electron chi connectivity index (χ1n) is 20.4. The maximum Gasteiger partial charge on any atom is 0.407 e. The highest BCUT2D eigenvalue weighted by Crippen LogP contribution is 2.42. The van der Waals surface area contributed by atoms with Gasteiger partial charge in [0.05, 0.1) is 57.3 Å². The van der Waals surface area contributed by atoms with E-state index in [1.54, 1.807) is 0 Å². The molecule has 4 atom stereocenters. The number of benzene rings is 3.